The molecule has 0 aromatic rings. The maximum atomic E-state index is 11.4. The number of hydrogen-bond donors (Lipinski definition) is 2. The van der Waals surface area contributed by atoms with Crippen LogP contribution >= 0.6 is 0 Å². The summed E-state index contributed by atoms with van der Waals surface area (Å²) in [6, 6.07) is 0. The summed E-state index contributed by atoms with van der Waals surface area (Å²) in [7, 11) is -3.78. The van der Waals surface area contributed by atoms with E-state index in [0.717, 1.165) is 0 Å². The van der Waals surface area contributed by atoms with Gasteiger partial charge in [0.15, 0.2) is 11.7 Å². The van der Waals surface area contributed by atoms with Crippen molar-refractivity contribution in [1.29, 1.82) is 0 Å². The fourth-order valence-electron chi connectivity index (χ4n) is 1.09. The van der Waals surface area contributed by atoms with Gasteiger partial charge in [-0.2, -0.15) is 8.42 Å². The van der Waals surface area contributed by atoms with Gasteiger partial charge in [0, 0.05) is 6.54 Å². The van der Waals surface area contributed by atoms with E-state index in [2.05, 4.69) is 9.50 Å². The number of nitrogens with one attached hydrogen (secondary N) is 1. The normalized spacial score (nSPS) is 29.0. The molecule has 84 valence electrons. The van der Waals surface area contributed by atoms with Gasteiger partial charge in [0.1, 0.15) is 0 Å². The molecule has 0 spiro atoms. The first-order chi connectivity index (χ1) is 6.58. The smallest absolute Gasteiger partial charge is 0.288 e. The predicted octanol–water partition coefficient (Wildman–Crippen LogP) is -0.993. The van der Waals surface area contributed by atoms with E-state index in [1.165, 1.54) is 0 Å². The van der Waals surface area contributed by atoms with Crippen molar-refractivity contribution in [3.63, 3.8) is 0 Å². The highest BCUT2D eigenvalue weighted by atomic mass is 32.2. The Balaban J connectivity index is 2.60. The van der Waals surface area contributed by atoms with Crippen LogP contribution in [0.1, 0.15) is 13.3 Å². The van der Waals surface area contributed by atoms with Crippen LogP contribution in [0, 0.1) is 0 Å². The topological polar surface area (TPSA) is 84.9 Å². The van der Waals surface area contributed by atoms with Gasteiger partial charge in [-0.15, -0.1) is 0 Å². The molecule has 14 heavy (non-hydrogen) atoms. The third-order valence-corrected chi connectivity index (χ3v) is 3.27. The van der Waals surface area contributed by atoms with E-state index >= 15 is 0 Å². The van der Waals surface area contributed by atoms with Gasteiger partial charge in [-0.05, 0) is 6.42 Å². The highest BCUT2D eigenvalue weighted by molar-refractivity contribution is 7.87. The zero-order valence-electron chi connectivity index (χ0n) is 7.97. The molecule has 0 radical (unpaired) electrons. The Labute approximate surface area is 83.3 Å². The van der Waals surface area contributed by atoms with E-state index in [4.69, 9.17) is 4.74 Å². The van der Waals surface area contributed by atoms with Crippen molar-refractivity contribution >= 4 is 10.1 Å². The molecule has 0 aliphatic carbocycles. The number of hydrogen-bond acceptors (Lipinski definition) is 6. The summed E-state index contributed by atoms with van der Waals surface area (Å²) in [5.41, 5.74) is 0. The number of ether oxygens (including phenoxy) is 1. The second kappa shape index (κ2) is 5.04. The van der Waals surface area contributed by atoms with Gasteiger partial charge in [0.05, 0.1) is 13.2 Å². The molecule has 1 saturated heterocycles. The van der Waals surface area contributed by atoms with E-state index in [-0.39, 0.29) is 6.61 Å². The second-order valence-corrected chi connectivity index (χ2v) is 4.68. The van der Waals surface area contributed by atoms with Crippen LogP contribution in [0.2, 0.25) is 0 Å². The molecule has 0 amide bonds. The number of aliphatic hydroxyl groups is 1. The Hall–Kier alpha value is -0.210. The van der Waals surface area contributed by atoms with Crippen molar-refractivity contribution in [2.75, 3.05) is 19.8 Å². The lowest BCUT2D eigenvalue weighted by Crippen LogP contribution is -2.53. The fourth-order valence-corrected chi connectivity index (χ4v) is 2.32. The van der Waals surface area contributed by atoms with Gasteiger partial charge in [-0.3, -0.25) is 9.50 Å². The summed E-state index contributed by atoms with van der Waals surface area (Å²) < 4.78 is 32.3. The summed E-state index contributed by atoms with van der Waals surface area (Å²) in [5.74, 6) is 0. The first kappa shape index (κ1) is 11.9. The van der Waals surface area contributed by atoms with Crippen molar-refractivity contribution in [2.45, 2.75) is 25.0 Å². The van der Waals surface area contributed by atoms with Gasteiger partial charge in [-0.25, -0.2) is 0 Å². The Kier molecular flexibility index (Phi) is 4.27. The molecule has 0 aromatic carbocycles. The zero-order chi connectivity index (χ0) is 10.6. The molecule has 1 fully saturated rings. The molecule has 2 N–H and O–H groups in total. The molecule has 7 heteroatoms. The highest BCUT2D eigenvalue weighted by Gasteiger charge is 2.35. The van der Waals surface area contributed by atoms with Crippen LogP contribution < -0.4 is 5.32 Å². The highest BCUT2D eigenvalue weighted by Crippen LogP contribution is 2.11. The van der Waals surface area contributed by atoms with Crippen molar-refractivity contribution in [1.82, 2.24) is 5.32 Å². The van der Waals surface area contributed by atoms with Crippen LogP contribution in [-0.2, 0) is 19.0 Å². The molecule has 0 aromatic heterocycles. The van der Waals surface area contributed by atoms with Gasteiger partial charge in [-0.1, -0.05) is 6.92 Å². The van der Waals surface area contributed by atoms with Crippen LogP contribution in [0.3, 0.4) is 0 Å². The van der Waals surface area contributed by atoms with Gasteiger partial charge in [0.2, 0.25) is 0 Å². The predicted molar refractivity (Wildman–Crippen MR) is 48.9 cm³/mol. The number of rotatable bonds is 4. The van der Waals surface area contributed by atoms with Gasteiger partial charge < -0.3 is 9.84 Å². The molecule has 6 nitrogen and oxygen atoms in total. The van der Waals surface area contributed by atoms with E-state index < -0.39 is 21.8 Å². The lowest BCUT2D eigenvalue weighted by Gasteiger charge is -2.27. The van der Waals surface area contributed by atoms with Crippen LogP contribution in [0.15, 0.2) is 0 Å². The van der Waals surface area contributed by atoms with E-state index in [9.17, 15) is 13.5 Å². The van der Waals surface area contributed by atoms with Gasteiger partial charge in [0.25, 0.3) is 10.1 Å². The van der Waals surface area contributed by atoms with Crippen molar-refractivity contribution in [3.8, 4) is 0 Å². The first-order valence-electron chi connectivity index (χ1n) is 4.49. The molecule has 0 saturated carbocycles. The monoisotopic (exact) mass is 225 g/mol. The largest absolute Gasteiger partial charge is 0.366 e. The summed E-state index contributed by atoms with van der Waals surface area (Å²) in [6.45, 7) is 2.60. The Bertz CT molecular complexity index is 265. The molecule has 0 bridgehead atoms. The minimum atomic E-state index is -3.78. The van der Waals surface area contributed by atoms with Crippen molar-refractivity contribution < 1.29 is 22.4 Å². The van der Waals surface area contributed by atoms with E-state index in [0.29, 0.717) is 19.6 Å². The van der Waals surface area contributed by atoms with Crippen molar-refractivity contribution in [2.24, 2.45) is 0 Å². The lowest BCUT2D eigenvalue weighted by molar-refractivity contribution is -0.123. The van der Waals surface area contributed by atoms with Crippen LogP contribution in [0.5, 0.6) is 0 Å². The molecule has 1 aliphatic rings. The molecule has 1 aliphatic heterocycles. The number of aliphatic hydroxyl groups excluding tert-OH is 1. The first-order valence-corrected chi connectivity index (χ1v) is 5.96. The quantitative estimate of drug-likeness (QED) is 0.597. The SMILES string of the molecule is CCCOS(=O)(=O)C1NCCOC1O. The Morgan fingerprint density at radius 3 is 2.93 bits per heavy atom. The molecular weight excluding hydrogens is 210 g/mol. The molecular formula is C7H15NO5S. The minimum absolute atomic E-state index is 0.118. The maximum Gasteiger partial charge on any atom is 0.288 e. The Morgan fingerprint density at radius 1 is 1.64 bits per heavy atom. The van der Waals surface area contributed by atoms with Crippen LogP contribution in [-0.4, -0.2) is 44.9 Å². The number of morpholine rings is 1. The van der Waals surface area contributed by atoms with Gasteiger partial charge >= 0.3 is 0 Å². The van der Waals surface area contributed by atoms with Crippen LogP contribution in [0.4, 0.5) is 0 Å². The second-order valence-electron chi connectivity index (χ2n) is 2.95. The maximum absolute atomic E-state index is 11.4. The zero-order valence-corrected chi connectivity index (χ0v) is 8.79. The van der Waals surface area contributed by atoms with Crippen LogP contribution in [0.25, 0.3) is 0 Å². The molecule has 2 atom stereocenters. The summed E-state index contributed by atoms with van der Waals surface area (Å²) >= 11 is 0. The molecule has 2 unspecified atom stereocenters. The van der Waals surface area contributed by atoms with E-state index in [1.54, 1.807) is 6.92 Å². The van der Waals surface area contributed by atoms with Crippen molar-refractivity contribution in [3.05, 3.63) is 0 Å². The summed E-state index contributed by atoms with van der Waals surface area (Å²) in [6.07, 6.45) is -0.756. The standard InChI is InChI=1S/C7H15NO5S/c1-2-4-13-14(10,11)6-7(9)12-5-3-8-6/h6-9H,2-5H2,1H3. The van der Waals surface area contributed by atoms with E-state index in [1.807, 2.05) is 0 Å². The third-order valence-electron chi connectivity index (χ3n) is 1.76. The lowest BCUT2D eigenvalue weighted by atomic mass is 10.5. The summed E-state index contributed by atoms with van der Waals surface area (Å²) in [5, 5.41) is 10.7. The average Bonchev–Trinajstić information content (AvgIpc) is 2.15. The molecule has 1 rings (SSSR count). The minimum Gasteiger partial charge on any atom is -0.366 e. The fraction of sp³-hybridized carbons (Fsp3) is 1.00. The Morgan fingerprint density at radius 2 is 2.36 bits per heavy atom. The summed E-state index contributed by atoms with van der Waals surface area (Å²) in [4.78, 5) is 0. The average molecular weight is 225 g/mol. The third kappa shape index (κ3) is 2.89. The molecule has 1 heterocycles.